The SMILES string of the molecule is CCCCC(=O)Nc1cccc(NC(=S)NC(=O)c2cccc(OCCC)c2)c1. The summed E-state index contributed by atoms with van der Waals surface area (Å²) < 4.78 is 5.55. The third kappa shape index (κ3) is 7.91. The monoisotopic (exact) mass is 413 g/mol. The molecule has 0 unspecified atom stereocenters. The van der Waals surface area contributed by atoms with Gasteiger partial charge in [0.25, 0.3) is 5.91 Å². The fraction of sp³-hybridized carbons (Fsp3) is 0.318. The first-order chi connectivity index (χ1) is 14.0. The quantitative estimate of drug-likeness (QED) is 0.518. The summed E-state index contributed by atoms with van der Waals surface area (Å²) in [6, 6.07) is 14.1. The van der Waals surface area contributed by atoms with Gasteiger partial charge in [-0.2, -0.15) is 0 Å². The summed E-state index contributed by atoms with van der Waals surface area (Å²) in [7, 11) is 0. The van der Waals surface area contributed by atoms with Crippen molar-refractivity contribution < 1.29 is 14.3 Å². The molecule has 0 heterocycles. The van der Waals surface area contributed by atoms with Gasteiger partial charge in [0.05, 0.1) is 6.61 Å². The first-order valence-electron chi connectivity index (χ1n) is 9.77. The highest BCUT2D eigenvalue weighted by atomic mass is 32.1. The van der Waals surface area contributed by atoms with Crippen LogP contribution < -0.4 is 20.7 Å². The lowest BCUT2D eigenvalue weighted by molar-refractivity contribution is -0.116. The van der Waals surface area contributed by atoms with Gasteiger partial charge in [0, 0.05) is 23.4 Å². The predicted octanol–water partition coefficient (Wildman–Crippen LogP) is 4.73. The van der Waals surface area contributed by atoms with Gasteiger partial charge in [-0.15, -0.1) is 0 Å². The molecule has 0 radical (unpaired) electrons. The van der Waals surface area contributed by atoms with Crippen LogP contribution in [0.5, 0.6) is 5.75 Å². The fourth-order valence-electron chi connectivity index (χ4n) is 2.52. The minimum atomic E-state index is -0.325. The molecule has 7 heteroatoms. The molecule has 0 bridgehead atoms. The molecule has 3 N–H and O–H groups in total. The first kappa shape index (κ1) is 22.4. The van der Waals surface area contributed by atoms with E-state index >= 15 is 0 Å². The molecule has 2 rings (SSSR count). The van der Waals surface area contributed by atoms with E-state index in [-0.39, 0.29) is 16.9 Å². The van der Waals surface area contributed by atoms with E-state index in [1.807, 2.05) is 19.9 Å². The van der Waals surface area contributed by atoms with Crippen molar-refractivity contribution >= 4 is 40.5 Å². The lowest BCUT2D eigenvalue weighted by Crippen LogP contribution is -2.34. The zero-order chi connectivity index (χ0) is 21.1. The second-order valence-electron chi connectivity index (χ2n) is 6.52. The summed E-state index contributed by atoms with van der Waals surface area (Å²) in [6.45, 7) is 4.66. The van der Waals surface area contributed by atoms with Gasteiger partial charge in [0.2, 0.25) is 5.91 Å². The second-order valence-corrected chi connectivity index (χ2v) is 6.93. The predicted molar refractivity (Wildman–Crippen MR) is 121 cm³/mol. The van der Waals surface area contributed by atoms with E-state index in [2.05, 4.69) is 16.0 Å². The molecule has 6 nitrogen and oxygen atoms in total. The Bertz CT molecular complexity index is 855. The maximum Gasteiger partial charge on any atom is 0.257 e. The molecule has 0 aliphatic heterocycles. The van der Waals surface area contributed by atoms with Crippen molar-refractivity contribution in [1.82, 2.24) is 5.32 Å². The average molecular weight is 414 g/mol. The number of benzene rings is 2. The summed E-state index contributed by atoms with van der Waals surface area (Å²) in [5.74, 6) is 0.295. The number of thiocarbonyl (C=S) groups is 1. The lowest BCUT2D eigenvalue weighted by atomic mass is 10.2. The van der Waals surface area contributed by atoms with E-state index in [0.717, 1.165) is 19.3 Å². The van der Waals surface area contributed by atoms with Crippen molar-refractivity contribution in [3.8, 4) is 5.75 Å². The molecule has 0 aliphatic rings. The van der Waals surface area contributed by atoms with Gasteiger partial charge in [0.1, 0.15) is 5.75 Å². The van der Waals surface area contributed by atoms with Gasteiger partial charge in [-0.25, -0.2) is 0 Å². The standard InChI is InChI=1S/C22H27N3O3S/c1-3-5-12-20(26)23-17-9-7-10-18(15-17)24-22(29)25-21(27)16-8-6-11-19(14-16)28-13-4-2/h6-11,14-15H,3-5,12-13H2,1-2H3,(H,23,26)(H2,24,25,27,29). The van der Waals surface area contributed by atoms with Crippen molar-refractivity contribution in [3.05, 3.63) is 54.1 Å². The third-order valence-corrected chi connectivity index (χ3v) is 4.16. The first-order valence-corrected chi connectivity index (χ1v) is 10.2. The van der Waals surface area contributed by atoms with Crippen LogP contribution in [0.1, 0.15) is 49.9 Å². The number of ether oxygens (including phenoxy) is 1. The van der Waals surface area contributed by atoms with Gasteiger partial charge in [0.15, 0.2) is 5.11 Å². The van der Waals surface area contributed by atoms with E-state index in [9.17, 15) is 9.59 Å². The Hall–Kier alpha value is -2.93. The number of carbonyl (C=O) groups is 2. The van der Waals surface area contributed by atoms with Crippen LogP contribution in [-0.2, 0) is 4.79 Å². The highest BCUT2D eigenvalue weighted by molar-refractivity contribution is 7.80. The van der Waals surface area contributed by atoms with Crippen molar-refractivity contribution in [2.24, 2.45) is 0 Å². The summed E-state index contributed by atoms with van der Waals surface area (Å²) >= 11 is 5.24. The van der Waals surface area contributed by atoms with Crippen LogP contribution in [0.4, 0.5) is 11.4 Å². The zero-order valence-electron chi connectivity index (χ0n) is 16.8. The molecule has 154 valence electrons. The Morgan fingerprint density at radius 2 is 1.69 bits per heavy atom. The van der Waals surface area contributed by atoms with Gasteiger partial charge >= 0.3 is 0 Å². The molecule has 0 spiro atoms. The van der Waals surface area contributed by atoms with Crippen molar-refractivity contribution in [2.45, 2.75) is 39.5 Å². The molecule has 0 fully saturated rings. The van der Waals surface area contributed by atoms with Crippen LogP contribution >= 0.6 is 12.2 Å². The largest absolute Gasteiger partial charge is 0.494 e. The van der Waals surface area contributed by atoms with Crippen molar-refractivity contribution in [2.75, 3.05) is 17.2 Å². The Labute approximate surface area is 177 Å². The smallest absolute Gasteiger partial charge is 0.257 e. The number of rotatable bonds is 9. The van der Waals surface area contributed by atoms with Crippen LogP contribution in [0.25, 0.3) is 0 Å². The normalized spacial score (nSPS) is 10.1. The van der Waals surface area contributed by atoms with E-state index in [0.29, 0.717) is 35.7 Å². The molecule has 29 heavy (non-hydrogen) atoms. The number of unbranched alkanes of at least 4 members (excludes halogenated alkanes) is 1. The highest BCUT2D eigenvalue weighted by Gasteiger charge is 2.10. The maximum absolute atomic E-state index is 12.4. The number of amides is 2. The topological polar surface area (TPSA) is 79.5 Å². The zero-order valence-corrected chi connectivity index (χ0v) is 17.6. The number of nitrogens with one attached hydrogen (secondary N) is 3. The van der Waals surface area contributed by atoms with Gasteiger partial charge in [-0.05, 0) is 61.5 Å². The Morgan fingerprint density at radius 3 is 2.41 bits per heavy atom. The number of hydrogen-bond donors (Lipinski definition) is 3. The minimum Gasteiger partial charge on any atom is -0.494 e. The molecule has 0 aromatic heterocycles. The highest BCUT2D eigenvalue weighted by Crippen LogP contribution is 2.16. The third-order valence-electron chi connectivity index (χ3n) is 3.96. The van der Waals surface area contributed by atoms with E-state index in [4.69, 9.17) is 17.0 Å². The molecular formula is C22H27N3O3S. The molecule has 0 aliphatic carbocycles. The van der Waals surface area contributed by atoms with E-state index in [1.165, 1.54) is 0 Å². The molecule has 0 saturated carbocycles. The summed E-state index contributed by atoms with van der Waals surface area (Å²) in [4.78, 5) is 24.3. The van der Waals surface area contributed by atoms with Gasteiger partial charge < -0.3 is 15.4 Å². The van der Waals surface area contributed by atoms with E-state index in [1.54, 1.807) is 42.5 Å². The number of hydrogen-bond acceptors (Lipinski definition) is 4. The van der Waals surface area contributed by atoms with Crippen LogP contribution in [0.3, 0.4) is 0 Å². The summed E-state index contributed by atoms with van der Waals surface area (Å²) in [6.07, 6.45) is 3.20. The maximum atomic E-state index is 12.4. The molecule has 2 aromatic carbocycles. The number of anilines is 2. The molecule has 0 atom stereocenters. The van der Waals surface area contributed by atoms with E-state index < -0.39 is 0 Å². The van der Waals surface area contributed by atoms with Crippen molar-refractivity contribution in [1.29, 1.82) is 0 Å². The second kappa shape index (κ2) is 11.8. The summed E-state index contributed by atoms with van der Waals surface area (Å²) in [5, 5.41) is 8.65. The fourth-order valence-corrected chi connectivity index (χ4v) is 2.73. The molecule has 2 aromatic rings. The summed E-state index contributed by atoms with van der Waals surface area (Å²) in [5.41, 5.74) is 1.80. The number of carbonyl (C=O) groups excluding carboxylic acids is 2. The Kier molecular flexibility index (Phi) is 9.11. The van der Waals surface area contributed by atoms with Gasteiger partial charge in [-0.3, -0.25) is 14.9 Å². The van der Waals surface area contributed by atoms with Gasteiger partial charge in [-0.1, -0.05) is 32.4 Å². The minimum absolute atomic E-state index is 0.0231. The molecule has 2 amide bonds. The Balaban J connectivity index is 1.92. The van der Waals surface area contributed by atoms with Crippen LogP contribution in [0.2, 0.25) is 0 Å². The van der Waals surface area contributed by atoms with Crippen LogP contribution in [0.15, 0.2) is 48.5 Å². The lowest BCUT2D eigenvalue weighted by Gasteiger charge is -2.12. The van der Waals surface area contributed by atoms with Crippen LogP contribution in [0, 0.1) is 0 Å². The average Bonchev–Trinajstić information content (AvgIpc) is 2.71. The molecular weight excluding hydrogens is 386 g/mol. The Morgan fingerprint density at radius 1 is 0.966 bits per heavy atom. The van der Waals surface area contributed by atoms with Crippen LogP contribution in [-0.4, -0.2) is 23.5 Å². The molecule has 0 saturated heterocycles. The van der Waals surface area contributed by atoms with Crippen molar-refractivity contribution in [3.63, 3.8) is 0 Å².